The summed E-state index contributed by atoms with van der Waals surface area (Å²) in [5, 5.41) is 5.10. The Balaban J connectivity index is 2.01. The molecule has 0 bridgehead atoms. The molecule has 0 aliphatic rings. The molecular formula is C15H14N2O2. The zero-order chi connectivity index (χ0) is 13.2. The van der Waals surface area contributed by atoms with E-state index in [9.17, 15) is 4.79 Å². The van der Waals surface area contributed by atoms with Crippen LogP contribution in [0, 0.1) is 0 Å². The van der Waals surface area contributed by atoms with Gasteiger partial charge in [-0.15, -0.1) is 0 Å². The third kappa shape index (κ3) is 2.05. The van der Waals surface area contributed by atoms with Crippen molar-refractivity contribution in [2.24, 2.45) is 0 Å². The van der Waals surface area contributed by atoms with Crippen LogP contribution in [0.2, 0.25) is 0 Å². The van der Waals surface area contributed by atoms with Gasteiger partial charge in [0.25, 0.3) is 0 Å². The third-order valence-electron chi connectivity index (χ3n) is 3.03. The van der Waals surface area contributed by atoms with Crippen LogP contribution in [0.25, 0.3) is 11.0 Å². The molecule has 0 aliphatic heterocycles. The quantitative estimate of drug-likeness (QED) is 0.671. The van der Waals surface area contributed by atoms with Gasteiger partial charge in [-0.3, -0.25) is 9.48 Å². The Morgan fingerprint density at radius 1 is 1.32 bits per heavy atom. The largest absolute Gasteiger partial charge is 0.453 e. The van der Waals surface area contributed by atoms with E-state index in [0.717, 1.165) is 23.9 Å². The van der Waals surface area contributed by atoms with Gasteiger partial charge < -0.3 is 4.42 Å². The predicted octanol–water partition coefficient (Wildman–Crippen LogP) is 3.27. The van der Waals surface area contributed by atoms with Crippen LogP contribution >= 0.6 is 0 Å². The molecule has 3 aromatic rings. The smallest absolute Gasteiger partial charge is 0.246 e. The van der Waals surface area contributed by atoms with Gasteiger partial charge in [0, 0.05) is 18.1 Å². The van der Waals surface area contributed by atoms with Crippen LogP contribution in [-0.4, -0.2) is 15.6 Å². The minimum atomic E-state index is -0.123. The van der Waals surface area contributed by atoms with E-state index in [-0.39, 0.29) is 5.78 Å². The topological polar surface area (TPSA) is 48.0 Å². The molecule has 0 fully saturated rings. The summed E-state index contributed by atoms with van der Waals surface area (Å²) in [6.07, 6.45) is 2.58. The highest BCUT2D eigenvalue weighted by Crippen LogP contribution is 2.21. The van der Waals surface area contributed by atoms with E-state index in [1.165, 1.54) is 0 Å². The summed E-state index contributed by atoms with van der Waals surface area (Å²) in [6, 6.07) is 11.1. The molecule has 0 unspecified atom stereocenters. The number of aryl methyl sites for hydroxylation is 1. The lowest BCUT2D eigenvalue weighted by atomic mass is 10.2. The zero-order valence-corrected chi connectivity index (χ0v) is 10.7. The van der Waals surface area contributed by atoms with Crippen molar-refractivity contribution in [2.45, 2.75) is 19.9 Å². The van der Waals surface area contributed by atoms with Gasteiger partial charge in [0.05, 0.1) is 0 Å². The molecule has 0 spiro atoms. The van der Waals surface area contributed by atoms with Gasteiger partial charge in [-0.25, -0.2) is 0 Å². The first-order chi connectivity index (χ1) is 9.29. The predicted molar refractivity (Wildman–Crippen MR) is 72.2 cm³/mol. The molecule has 2 heterocycles. The number of para-hydroxylation sites is 1. The Bertz CT molecular complexity index is 691. The van der Waals surface area contributed by atoms with E-state index < -0.39 is 0 Å². The molecule has 0 atom stereocenters. The molecule has 0 aliphatic carbocycles. The van der Waals surface area contributed by atoms with Crippen molar-refractivity contribution in [1.82, 2.24) is 9.78 Å². The fourth-order valence-electron chi connectivity index (χ4n) is 2.14. The molecule has 1 aromatic carbocycles. The van der Waals surface area contributed by atoms with Crippen molar-refractivity contribution in [3.8, 4) is 0 Å². The van der Waals surface area contributed by atoms with Gasteiger partial charge in [-0.2, -0.15) is 5.10 Å². The van der Waals surface area contributed by atoms with E-state index >= 15 is 0 Å². The van der Waals surface area contributed by atoms with Crippen LogP contribution in [0.15, 0.2) is 47.0 Å². The van der Waals surface area contributed by atoms with Crippen molar-refractivity contribution in [3.05, 3.63) is 54.0 Å². The number of rotatable bonds is 4. The van der Waals surface area contributed by atoms with E-state index in [0.29, 0.717) is 11.5 Å². The van der Waals surface area contributed by atoms with Crippen molar-refractivity contribution in [3.63, 3.8) is 0 Å². The maximum Gasteiger partial charge on any atom is 0.246 e. The Labute approximate surface area is 110 Å². The van der Waals surface area contributed by atoms with Crippen molar-refractivity contribution < 1.29 is 9.21 Å². The van der Waals surface area contributed by atoms with E-state index in [2.05, 4.69) is 12.0 Å². The summed E-state index contributed by atoms with van der Waals surface area (Å²) in [6.45, 7) is 2.78. The molecule has 0 N–H and O–H groups in total. The average molecular weight is 254 g/mol. The molecule has 0 saturated heterocycles. The van der Waals surface area contributed by atoms with Gasteiger partial charge >= 0.3 is 0 Å². The molecule has 0 saturated carbocycles. The van der Waals surface area contributed by atoms with Crippen LogP contribution in [0.3, 0.4) is 0 Å². The Morgan fingerprint density at radius 2 is 2.16 bits per heavy atom. The first kappa shape index (κ1) is 11.7. The minimum Gasteiger partial charge on any atom is -0.453 e. The third-order valence-corrected chi connectivity index (χ3v) is 3.03. The standard InChI is InChI=1S/C15H14N2O2/c1-2-9-17-12(7-8-16-17)15(18)14-10-11-5-3-4-6-13(11)19-14/h3-8,10H,2,9H2,1H3. The molecule has 3 rings (SSSR count). The number of aromatic nitrogens is 2. The van der Waals surface area contributed by atoms with Gasteiger partial charge in [0.1, 0.15) is 11.3 Å². The fraction of sp³-hybridized carbons (Fsp3) is 0.200. The first-order valence-electron chi connectivity index (χ1n) is 6.34. The van der Waals surface area contributed by atoms with Crippen molar-refractivity contribution in [1.29, 1.82) is 0 Å². The second kappa shape index (κ2) is 4.72. The lowest BCUT2D eigenvalue weighted by Crippen LogP contribution is -2.10. The minimum absolute atomic E-state index is 0.123. The molecule has 4 heteroatoms. The number of nitrogens with zero attached hydrogens (tertiary/aromatic N) is 2. The average Bonchev–Trinajstić information content (AvgIpc) is 3.04. The second-order valence-electron chi connectivity index (χ2n) is 4.42. The number of hydrogen-bond acceptors (Lipinski definition) is 3. The Morgan fingerprint density at radius 3 is 2.95 bits per heavy atom. The SMILES string of the molecule is CCCn1nccc1C(=O)c1cc2ccccc2o1. The van der Waals surface area contributed by atoms with Gasteiger partial charge in [0.2, 0.25) is 5.78 Å². The molecule has 96 valence electrons. The summed E-state index contributed by atoms with van der Waals surface area (Å²) in [5.74, 6) is 0.237. The van der Waals surface area contributed by atoms with E-state index in [1.54, 1.807) is 23.0 Å². The summed E-state index contributed by atoms with van der Waals surface area (Å²) < 4.78 is 7.31. The summed E-state index contributed by atoms with van der Waals surface area (Å²) in [5.41, 5.74) is 1.30. The van der Waals surface area contributed by atoms with Crippen LogP contribution in [0.1, 0.15) is 29.6 Å². The molecular weight excluding hydrogens is 240 g/mol. The molecule has 0 radical (unpaired) electrons. The molecule has 2 aromatic heterocycles. The normalized spacial score (nSPS) is 11.0. The maximum absolute atomic E-state index is 12.4. The van der Waals surface area contributed by atoms with Gasteiger partial charge in [-0.05, 0) is 24.6 Å². The molecule has 0 amide bonds. The lowest BCUT2D eigenvalue weighted by molar-refractivity contribution is 0.100. The highest BCUT2D eigenvalue weighted by Gasteiger charge is 2.18. The number of furan rings is 1. The lowest BCUT2D eigenvalue weighted by Gasteiger charge is -2.02. The zero-order valence-electron chi connectivity index (χ0n) is 10.7. The van der Waals surface area contributed by atoms with Crippen molar-refractivity contribution >= 4 is 16.8 Å². The number of benzene rings is 1. The highest BCUT2D eigenvalue weighted by molar-refractivity contribution is 6.07. The molecule has 19 heavy (non-hydrogen) atoms. The monoisotopic (exact) mass is 254 g/mol. The first-order valence-corrected chi connectivity index (χ1v) is 6.34. The second-order valence-corrected chi connectivity index (χ2v) is 4.42. The fourth-order valence-corrected chi connectivity index (χ4v) is 2.14. The van der Waals surface area contributed by atoms with Gasteiger partial charge in [0.15, 0.2) is 5.76 Å². The van der Waals surface area contributed by atoms with E-state index in [4.69, 9.17) is 4.42 Å². The molecule has 4 nitrogen and oxygen atoms in total. The number of hydrogen-bond donors (Lipinski definition) is 0. The Kier molecular flexibility index (Phi) is 2.91. The number of fused-ring (bicyclic) bond motifs is 1. The van der Waals surface area contributed by atoms with Gasteiger partial charge in [-0.1, -0.05) is 25.1 Å². The van der Waals surface area contributed by atoms with Crippen LogP contribution in [0.5, 0.6) is 0 Å². The number of carbonyl (C=O) groups is 1. The maximum atomic E-state index is 12.4. The number of ketones is 1. The summed E-state index contributed by atoms with van der Waals surface area (Å²) in [7, 11) is 0. The van der Waals surface area contributed by atoms with Crippen LogP contribution < -0.4 is 0 Å². The van der Waals surface area contributed by atoms with Crippen LogP contribution in [-0.2, 0) is 6.54 Å². The highest BCUT2D eigenvalue weighted by atomic mass is 16.3. The van der Waals surface area contributed by atoms with Crippen LogP contribution in [0.4, 0.5) is 0 Å². The Hall–Kier alpha value is -2.36. The van der Waals surface area contributed by atoms with Crippen molar-refractivity contribution in [2.75, 3.05) is 0 Å². The summed E-state index contributed by atoms with van der Waals surface area (Å²) >= 11 is 0. The summed E-state index contributed by atoms with van der Waals surface area (Å²) in [4.78, 5) is 12.4. The van der Waals surface area contributed by atoms with E-state index in [1.807, 2.05) is 24.3 Å². The number of carbonyl (C=O) groups excluding carboxylic acids is 1.